The lowest BCUT2D eigenvalue weighted by Crippen LogP contribution is -2.07. The standard InChI is InChI=1S/C9H7NO3/c1-10-6-4-7-9(5-6,13-7)3-2-8(11)12/h2-4,7H,5H2,(H,11,12)/b3-2+/t7-,9+/m0/s1. The van der Waals surface area contributed by atoms with Crippen LogP contribution in [0.5, 0.6) is 0 Å². The maximum absolute atomic E-state index is 10.2. The number of carboxylic acid groups (broad SMARTS) is 1. The number of ether oxygens (including phenoxy) is 1. The molecule has 66 valence electrons. The van der Waals surface area contributed by atoms with Crippen molar-refractivity contribution in [1.29, 1.82) is 0 Å². The van der Waals surface area contributed by atoms with Crippen LogP contribution < -0.4 is 0 Å². The van der Waals surface area contributed by atoms with Gasteiger partial charge in [0.2, 0.25) is 0 Å². The predicted octanol–water partition coefficient (Wildman–Crippen LogP) is 0.972. The zero-order chi connectivity index (χ0) is 9.47. The maximum Gasteiger partial charge on any atom is 0.328 e. The van der Waals surface area contributed by atoms with Crippen LogP contribution in [-0.2, 0) is 9.53 Å². The van der Waals surface area contributed by atoms with Gasteiger partial charge in [-0.05, 0) is 6.08 Å². The highest BCUT2D eigenvalue weighted by atomic mass is 16.6. The summed E-state index contributed by atoms with van der Waals surface area (Å²) < 4.78 is 5.25. The molecule has 0 saturated carbocycles. The number of epoxide rings is 1. The van der Waals surface area contributed by atoms with Crippen molar-refractivity contribution in [2.45, 2.75) is 18.1 Å². The molecule has 4 heteroatoms. The summed E-state index contributed by atoms with van der Waals surface area (Å²) in [6.45, 7) is 6.77. The van der Waals surface area contributed by atoms with Gasteiger partial charge in [-0.2, -0.15) is 0 Å². The highest BCUT2D eigenvalue weighted by Gasteiger charge is 2.57. The van der Waals surface area contributed by atoms with E-state index in [1.54, 1.807) is 6.08 Å². The first kappa shape index (κ1) is 8.02. The van der Waals surface area contributed by atoms with E-state index < -0.39 is 11.6 Å². The SMILES string of the molecule is [C-]#[N+]C1=C[C@@H]2O[C@]2(/C=C/C(=O)O)C1. The molecule has 1 aliphatic carbocycles. The van der Waals surface area contributed by atoms with Crippen LogP contribution in [0.25, 0.3) is 4.85 Å². The van der Waals surface area contributed by atoms with Gasteiger partial charge in [0.25, 0.3) is 0 Å². The van der Waals surface area contributed by atoms with Gasteiger partial charge >= 0.3 is 5.97 Å². The van der Waals surface area contributed by atoms with E-state index in [1.807, 2.05) is 0 Å². The van der Waals surface area contributed by atoms with Gasteiger partial charge in [-0.1, -0.05) is 6.08 Å². The van der Waals surface area contributed by atoms with Gasteiger partial charge in [0.15, 0.2) is 5.70 Å². The van der Waals surface area contributed by atoms with Gasteiger partial charge in [0.05, 0.1) is 12.7 Å². The lowest BCUT2D eigenvalue weighted by atomic mass is 10.1. The third kappa shape index (κ3) is 1.23. The lowest BCUT2D eigenvalue weighted by Gasteiger charge is -1.99. The zero-order valence-corrected chi connectivity index (χ0v) is 6.73. The average molecular weight is 177 g/mol. The summed E-state index contributed by atoms with van der Waals surface area (Å²) >= 11 is 0. The number of rotatable bonds is 2. The van der Waals surface area contributed by atoms with E-state index in [0.29, 0.717) is 12.1 Å². The number of aliphatic carboxylic acids is 1. The lowest BCUT2D eigenvalue weighted by molar-refractivity contribution is -0.131. The number of fused-ring (bicyclic) bond motifs is 1. The Hall–Kier alpha value is -1.60. The Morgan fingerprint density at radius 2 is 2.69 bits per heavy atom. The van der Waals surface area contributed by atoms with E-state index >= 15 is 0 Å². The van der Waals surface area contributed by atoms with Crippen molar-refractivity contribution in [2.24, 2.45) is 0 Å². The normalized spacial score (nSPS) is 35.3. The Kier molecular flexibility index (Phi) is 1.51. The number of carbonyl (C=O) groups is 1. The monoisotopic (exact) mass is 177 g/mol. The Morgan fingerprint density at radius 3 is 3.23 bits per heavy atom. The highest BCUT2D eigenvalue weighted by Crippen LogP contribution is 2.50. The van der Waals surface area contributed by atoms with Crippen LogP contribution in [0.3, 0.4) is 0 Å². The van der Waals surface area contributed by atoms with Crippen LogP contribution in [0.1, 0.15) is 6.42 Å². The quantitative estimate of drug-likeness (QED) is 0.388. The molecular weight excluding hydrogens is 170 g/mol. The Balaban J connectivity index is 2.08. The summed E-state index contributed by atoms with van der Waals surface area (Å²) in [6, 6.07) is 0. The van der Waals surface area contributed by atoms with E-state index in [0.717, 1.165) is 6.08 Å². The topological polar surface area (TPSA) is 54.2 Å². The molecule has 13 heavy (non-hydrogen) atoms. The van der Waals surface area contributed by atoms with Crippen molar-refractivity contribution >= 4 is 5.97 Å². The van der Waals surface area contributed by atoms with E-state index in [4.69, 9.17) is 16.4 Å². The van der Waals surface area contributed by atoms with E-state index in [-0.39, 0.29) is 6.10 Å². The molecule has 1 N–H and O–H groups in total. The first-order chi connectivity index (χ1) is 6.16. The van der Waals surface area contributed by atoms with E-state index in [2.05, 4.69) is 4.85 Å². The molecule has 0 spiro atoms. The van der Waals surface area contributed by atoms with Crippen molar-refractivity contribution in [2.75, 3.05) is 0 Å². The second-order valence-electron chi connectivity index (χ2n) is 3.11. The first-order valence-corrected chi connectivity index (χ1v) is 3.84. The molecule has 2 rings (SSSR count). The molecule has 2 atom stereocenters. The Morgan fingerprint density at radius 1 is 1.92 bits per heavy atom. The Labute approximate surface area is 74.9 Å². The summed E-state index contributed by atoms with van der Waals surface area (Å²) in [5.74, 6) is -0.986. The summed E-state index contributed by atoms with van der Waals surface area (Å²) in [5.41, 5.74) is 0.157. The number of hydrogen-bond donors (Lipinski definition) is 1. The molecule has 0 aromatic rings. The zero-order valence-electron chi connectivity index (χ0n) is 6.73. The fourth-order valence-corrected chi connectivity index (χ4v) is 1.52. The van der Waals surface area contributed by atoms with E-state index in [9.17, 15) is 4.79 Å². The Bertz CT molecular complexity index is 364. The molecule has 0 radical (unpaired) electrons. The molecule has 1 saturated heterocycles. The number of carboxylic acids is 1. The largest absolute Gasteiger partial charge is 0.478 e. The first-order valence-electron chi connectivity index (χ1n) is 3.84. The van der Waals surface area contributed by atoms with Crippen LogP contribution >= 0.6 is 0 Å². The van der Waals surface area contributed by atoms with Crippen molar-refractivity contribution < 1.29 is 14.6 Å². The van der Waals surface area contributed by atoms with Crippen molar-refractivity contribution in [1.82, 2.24) is 0 Å². The second kappa shape index (κ2) is 2.44. The minimum Gasteiger partial charge on any atom is -0.478 e. The molecule has 0 amide bonds. The minimum absolute atomic E-state index is 0.0767. The van der Waals surface area contributed by atoms with Gasteiger partial charge in [-0.3, -0.25) is 0 Å². The predicted molar refractivity (Wildman–Crippen MR) is 43.7 cm³/mol. The maximum atomic E-state index is 10.2. The molecule has 1 fully saturated rings. The molecule has 4 nitrogen and oxygen atoms in total. The molecule has 1 aliphatic heterocycles. The molecule has 0 aromatic carbocycles. The summed E-state index contributed by atoms with van der Waals surface area (Å²) in [7, 11) is 0. The molecule has 0 aromatic heterocycles. The van der Waals surface area contributed by atoms with Crippen LogP contribution in [0.15, 0.2) is 23.9 Å². The molecule has 0 unspecified atom stereocenters. The van der Waals surface area contributed by atoms with Crippen molar-refractivity contribution in [3.05, 3.63) is 35.3 Å². The van der Waals surface area contributed by atoms with Crippen LogP contribution in [0.4, 0.5) is 0 Å². The van der Waals surface area contributed by atoms with E-state index in [1.165, 1.54) is 6.08 Å². The number of hydrogen-bond acceptors (Lipinski definition) is 2. The summed E-state index contributed by atoms with van der Waals surface area (Å²) in [5, 5.41) is 8.41. The van der Waals surface area contributed by atoms with Gasteiger partial charge in [0, 0.05) is 12.5 Å². The third-order valence-electron chi connectivity index (χ3n) is 2.22. The van der Waals surface area contributed by atoms with Gasteiger partial charge in [-0.25, -0.2) is 9.64 Å². The fourth-order valence-electron chi connectivity index (χ4n) is 1.52. The van der Waals surface area contributed by atoms with Gasteiger partial charge in [-0.15, -0.1) is 0 Å². The van der Waals surface area contributed by atoms with Crippen LogP contribution in [0.2, 0.25) is 0 Å². The van der Waals surface area contributed by atoms with Gasteiger partial charge < -0.3 is 9.84 Å². The van der Waals surface area contributed by atoms with Crippen LogP contribution in [0, 0.1) is 6.57 Å². The molecule has 1 heterocycles. The summed E-state index contributed by atoms with van der Waals surface area (Å²) in [6.07, 6.45) is 4.77. The molecular formula is C9H7NO3. The second-order valence-corrected chi connectivity index (χ2v) is 3.11. The number of nitrogens with zero attached hydrogens (tertiary/aromatic N) is 1. The minimum atomic E-state index is -0.986. The third-order valence-corrected chi connectivity index (χ3v) is 2.22. The van der Waals surface area contributed by atoms with Crippen molar-refractivity contribution in [3.63, 3.8) is 0 Å². The van der Waals surface area contributed by atoms with Gasteiger partial charge in [0.1, 0.15) is 5.60 Å². The fraction of sp³-hybridized carbons (Fsp3) is 0.333. The highest BCUT2D eigenvalue weighted by molar-refractivity contribution is 5.80. The molecule has 2 aliphatic rings. The smallest absolute Gasteiger partial charge is 0.328 e. The van der Waals surface area contributed by atoms with Crippen LogP contribution in [-0.4, -0.2) is 22.8 Å². The van der Waals surface area contributed by atoms with Crippen molar-refractivity contribution in [3.8, 4) is 0 Å². The average Bonchev–Trinajstić information content (AvgIpc) is 2.66. The molecule has 0 bridgehead atoms. The summed E-state index contributed by atoms with van der Waals surface area (Å²) in [4.78, 5) is 13.5.